The number of anilines is 1. The molecule has 1 aliphatic heterocycles. The second-order valence-corrected chi connectivity index (χ2v) is 5.47. The van der Waals surface area contributed by atoms with Crippen LogP contribution < -0.4 is 15.0 Å². The number of halogens is 1. The first-order valence-electron chi connectivity index (χ1n) is 6.97. The van der Waals surface area contributed by atoms with Crippen LogP contribution in [0.4, 0.5) is 5.69 Å². The second-order valence-electron chi connectivity index (χ2n) is 5.06. The minimum Gasteiger partial charge on any atom is -0.495 e. The summed E-state index contributed by atoms with van der Waals surface area (Å²) in [6.07, 6.45) is 1.84. The van der Waals surface area contributed by atoms with Gasteiger partial charge in [0.2, 0.25) is 5.91 Å². The quantitative estimate of drug-likeness (QED) is 0.908. The van der Waals surface area contributed by atoms with E-state index < -0.39 is 0 Å². The van der Waals surface area contributed by atoms with Crippen molar-refractivity contribution in [2.75, 3.05) is 25.1 Å². The molecule has 1 atom stereocenters. The molecule has 1 amide bonds. The van der Waals surface area contributed by atoms with Crippen LogP contribution in [0, 0.1) is 6.92 Å². The molecule has 1 aromatic rings. The summed E-state index contributed by atoms with van der Waals surface area (Å²) in [5, 5.41) is 3.94. The van der Waals surface area contributed by atoms with E-state index in [4.69, 9.17) is 16.3 Å². The van der Waals surface area contributed by atoms with Gasteiger partial charge >= 0.3 is 0 Å². The van der Waals surface area contributed by atoms with Crippen molar-refractivity contribution in [3.8, 4) is 5.75 Å². The number of amides is 1. The smallest absolute Gasteiger partial charge is 0.244 e. The second kappa shape index (κ2) is 6.46. The Bertz CT molecular complexity index is 505. The minimum atomic E-state index is -0.0874. The molecule has 5 heteroatoms. The van der Waals surface area contributed by atoms with Crippen LogP contribution in [0.15, 0.2) is 12.1 Å². The Kier molecular flexibility index (Phi) is 4.89. The van der Waals surface area contributed by atoms with E-state index in [0.29, 0.717) is 17.3 Å². The Morgan fingerprint density at radius 3 is 2.90 bits per heavy atom. The average molecular weight is 297 g/mol. The molecule has 1 N–H and O–H groups in total. The molecule has 20 heavy (non-hydrogen) atoms. The van der Waals surface area contributed by atoms with E-state index in [1.807, 2.05) is 13.0 Å². The SMILES string of the molecule is CCCNC1CCN(c2cc(C)c(Cl)cc2OC)C1=O. The molecule has 1 saturated heterocycles. The van der Waals surface area contributed by atoms with E-state index in [0.717, 1.165) is 30.6 Å². The lowest BCUT2D eigenvalue weighted by atomic mass is 10.2. The number of methoxy groups -OCH3 is 1. The van der Waals surface area contributed by atoms with Gasteiger partial charge in [0.25, 0.3) is 0 Å². The van der Waals surface area contributed by atoms with Crippen LogP contribution in [0.25, 0.3) is 0 Å². The highest BCUT2D eigenvalue weighted by Crippen LogP contribution is 2.35. The highest BCUT2D eigenvalue weighted by Gasteiger charge is 2.33. The molecule has 1 aromatic carbocycles. The zero-order chi connectivity index (χ0) is 14.7. The van der Waals surface area contributed by atoms with Crippen molar-refractivity contribution in [3.05, 3.63) is 22.7 Å². The maximum absolute atomic E-state index is 12.5. The van der Waals surface area contributed by atoms with Crippen molar-refractivity contribution >= 4 is 23.2 Å². The van der Waals surface area contributed by atoms with E-state index in [9.17, 15) is 4.79 Å². The molecular formula is C15H21ClN2O2. The fourth-order valence-corrected chi connectivity index (χ4v) is 2.60. The van der Waals surface area contributed by atoms with Crippen molar-refractivity contribution in [2.24, 2.45) is 0 Å². The summed E-state index contributed by atoms with van der Waals surface area (Å²) in [7, 11) is 1.60. The van der Waals surface area contributed by atoms with Gasteiger partial charge in [0.15, 0.2) is 0 Å². The predicted octanol–water partition coefficient (Wildman–Crippen LogP) is 2.76. The normalized spacial score (nSPS) is 18.7. The molecule has 1 heterocycles. The van der Waals surface area contributed by atoms with E-state index in [2.05, 4.69) is 12.2 Å². The van der Waals surface area contributed by atoms with Gasteiger partial charge in [0.1, 0.15) is 5.75 Å². The number of hydrogen-bond donors (Lipinski definition) is 1. The summed E-state index contributed by atoms with van der Waals surface area (Å²) in [6, 6.07) is 3.60. The van der Waals surface area contributed by atoms with Crippen molar-refractivity contribution < 1.29 is 9.53 Å². The van der Waals surface area contributed by atoms with Gasteiger partial charge in [-0.25, -0.2) is 0 Å². The predicted molar refractivity (Wildman–Crippen MR) is 81.8 cm³/mol. The zero-order valence-corrected chi connectivity index (χ0v) is 13.0. The molecule has 2 rings (SSSR count). The molecule has 0 saturated carbocycles. The number of hydrogen-bond acceptors (Lipinski definition) is 3. The van der Waals surface area contributed by atoms with E-state index in [1.165, 1.54) is 0 Å². The number of rotatable bonds is 5. The molecule has 4 nitrogen and oxygen atoms in total. The third kappa shape index (κ3) is 2.91. The lowest BCUT2D eigenvalue weighted by molar-refractivity contribution is -0.118. The van der Waals surface area contributed by atoms with Crippen molar-refractivity contribution in [3.63, 3.8) is 0 Å². The van der Waals surface area contributed by atoms with Gasteiger partial charge in [-0.15, -0.1) is 0 Å². The van der Waals surface area contributed by atoms with Crippen molar-refractivity contribution in [1.82, 2.24) is 5.32 Å². The van der Waals surface area contributed by atoms with Crippen LogP contribution in [0.1, 0.15) is 25.3 Å². The summed E-state index contributed by atoms with van der Waals surface area (Å²) in [5.41, 5.74) is 1.75. The van der Waals surface area contributed by atoms with Crippen LogP contribution in [0.5, 0.6) is 5.75 Å². The fraction of sp³-hybridized carbons (Fsp3) is 0.533. The summed E-state index contributed by atoms with van der Waals surface area (Å²) in [6.45, 7) is 5.59. The fourth-order valence-electron chi connectivity index (χ4n) is 2.45. The van der Waals surface area contributed by atoms with E-state index in [-0.39, 0.29) is 11.9 Å². The van der Waals surface area contributed by atoms with Crippen LogP contribution >= 0.6 is 11.6 Å². The molecule has 0 aliphatic carbocycles. The first-order chi connectivity index (χ1) is 9.58. The maximum Gasteiger partial charge on any atom is 0.244 e. The standard InChI is InChI=1S/C15H21ClN2O2/c1-4-6-17-12-5-7-18(15(12)19)13-8-10(2)11(16)9-14(13)20-3/h8-9,12,17H,4-7H2,1-3H3. The first kappa shape index (κ1) is 15.1. The minimum absolute atomic E-state index is 0.0874. The van der Waals surface area contributed by atoms with Crippen LogP contribution in [-0.2, 0) is 4.79 Å². The largest absolute Gasteiger partial charge is 0.495 e. The van der Waals surface area contributed by atoms with Crippen molar-refractivity contribution in [1.29, 1.82) is 0 Å². The van der Waals surface area contributed by atoms with Gasteiger partial charge in [-0.2, -0.15) is 0 Å². The monoisotopic (exact) mass is 296 g/mol. The molecule has 1 aliphatic rings. The number of aryl methyl sites for hydroxylation is 1. The molecular weight excluding hydrogens is 276 g/mol. The summed E-state index contributed by atoms with van der Waals surface area (Å²) >= 11 is 6.11. The molecule has 0 aromatic heterocycles. The zero-order valence-electron chi connectivity index (χ0n) is 12.2. The van der Waals surface area contributed by atoms with Gasteiger partial charge in [0, 0.05) is 17.6 Å². The molecule has 0 spiro atoms. The number of benzene rings is 1. The van der Waals surface area contributed by atoms with Gasteiger partial charge in [0.05, 0.1) is 18.8 Å². The van der Waals surface area contributed by atoms with Crippen molar-refractivity contribution in [2.45, 2.75) is 32.7 Å². The lowest BCUT2D eigenvalue weighted by Gasteiger charge is -2.21. The third-order valence-corrected chi connectivity index (χ3v) is 4.00. The van der Waals surface area contributed by atoms with Gasteiger partial charge < -0.3 is 15.0 Å². The highest BCUT2D eigenvalue weighted by molar-refractivity contribution is 6.31. The Morgan fingerprint density at radius 1 is 1.50 bits per heavy atom. The number of carbonyl (C=O) groups is 1. The topological polar surface area (TPSA) is 41.6 Å². The number of carbonyl (C=O) groups excluding carboxylic acids is 1. The summed E-state index contributed by atoms with van der Waals surface area (Å²) in [4.78, 5) is 14.2. The summed E-state index contributed by atoms with van der Waals surface area (Å²) < 4.78 is 5.36. The van der Waals surface area contributed by atoms with Crippen LogP contribution in [0.3, 0.4) is 0 Å². The van der Waals surface area contributed by atoms with Gasteiger partial charge in [-0.05, 0) is 37.9 Å². The number of nitrogens with zero attached hydrogens (tertiary/aromatic N) is 1. The third-order valence-electron chi connectivity index (χ3n) is 3.60. The Balaban J connectivity index is 2.24. The van der Waals surface area contributed by atoms with E-state index in [1.54, 1.807) is 18.1 Å². The Morgan fingerprint density at radius 2 is 2.25 bits per heavy atom. The van der Waals surface area contributed by atoms with Crippen LogP contribution in [0.2, 0.25) is 5.02 Å². The molecule has 0 radical (unpaired) electrons. The first-order valence-corrected chi connectivity index (χ1v) is 7.35. The molecule has 1 fully saturated rings. The Labute approximate surface area is 125 Å². The highest BCUT2D eigenvalue weighted by atomic mass is 35.5. The van der Waals surface area contributed by atoms with Crippen LogP contribution in [-0.4, -0.2) is 32.1 Å². The Hall–Kier alpha value is -1.26. The van der Waals surface area contributed by atoms with Gasteiger partial charge in [-0.1, -0.05) is 18.5 Å². The number of ether oxygens (including phenoxy) is 1. The molecule has 110 valence electrons. The molecule has 1 unspecified atom stereocenters. The average Bonchev–Trinajstić information content (AvgIpc) is 2.80. The summed E-state index contributed by atoms with van der Waals surface area (Å²) in [5.74, 6) is 0.753. The van der Waals surface area contributed by atoms with E-state index >= 15 is 0 Å². The molecule has 0 bridgehead atoms. The number of nitrogens with one attached hydrogen (secondary N) is 1. The lowest BCUT2D eigenvalue weighted by Crippen LogP contribution is -2.38. The van der Waals surface area contributed by atoms with Gasteiger partial charge in [-0.3, -0.25) is 4.79 Å². The maximum atomic E-state index is 12.5.